The predicted molar refractivity (Wildman–Crippen MR) is 116 cm³/mol. The summed E-state index contributed by atoms with van der Waals surface area (Å²) >= 11 is 0. The Morgan fingerprint density at radius 1 is 1.11 bits per heavy atom. The van der Waals surface area contributed by atoms with Gasteiger partial charge in [-0.15, -0.1) is 10.2 Å². The molecule has 0 spiro atoms. The van der Waals surface area contributed by atoms with Gasteiger partial charge in [0.15, 0.2) is 0 Å². The van der Waals surface area contributed by atoms with Gasteiger partial charge in [-0.05, 0) is 41.0 Å². The van der Waals surface area contributed by atoms with Crippen molar-refractivity contribution in [1.29, 1.82) is 0 Å². The number of hydrogen-bond acceptors (Lipinski definition) is 4. The van der Waals surface area contributed by atoms with Crippen LogP contribution in [0.2, 0.25) is 0 Å². The van der Waals surface area contributed by atoms with Crippen molar-refractivity contribution < 1.29 is 9.52 Å². The Bertz CT molecular complexity index is 909. The molecule has 0 bridgehead atoms. The van der Waals surface area contributed by atoms with Gasteiger partial charge in [0.1, 0.15) is 5.75 Å². The average molecular weight is 379 g/mol. The van der Waals surface area contributed by atoms with E-state index in [1.165, 1.54) is 0 Å². The Labute approximate surface area is 168 Å². The molecule has 0 saturated heterocycles. The molecule has 2 aromatic rings. The molecule has 0 fully saturated rings. The first-order valence-electron chi connectivity index (χ1n) is 9.37. The lowest BCUT2D eigenvalue weighted by Gasteiger charge is -2.33. The maximum Gasteiger partial charge on any atom is 0.251 e. The van der Waals surface area contributed by atoms with E-state index < -0.39 is 0 Å². The van der Waals surface area contributed by atoms with Crippen LogP contribution in [0.15, 0.2) is 66.2 Å². The summed E-state index contributed by atoms with van der Waals surface area (Å²) in [4.78, 5) is 0. The van der Waals surface area contributed by atoms with E-state index in [0.717, 1.165) is 17.6 Å². The summed E-state index contributed by atoms with van der Waals surface area (Å²) in [6.45, 7) is 18.4. The summed E-state index contributed by atoms with van der Waals surface area (Å²) in [6.07, 6.45) is 9.67. The standard InChI is InChI=1S/C24H30N2O2/c1-8-10-12-17(11-9-2)21-25-26-22(28-21)19-14-13-18(15-20(19)27)24(6,7)16-23(3,4)5/h8-15,27H,1-2,16H2,3-7H3/b12-10-,17-11+. The first-order valence-corrected chi connectivity index (χ1v) is 9.37. The Morgan fingerprint density at radius 2 is 1.82 bits per heavy atom. The van der Waals surface area contributed by atoms with Gasteiger partial charge in [-0.25, -0.2) is 0 Å². The Morgan fingerprint density at radius 3 is 2.39 bits per heavy atom. The van der Waals surface area contributed by atoms with Crippen molar-refractivity contribution in [1.82, 2.24) is 10.2 Å². The molecule has 0 atom stereocenters. The number of aromatic hydroxyl groups is 1. The predicted octanol–water partition coefficient (Wildman–Crippen LogP) is 6.47. The van der Waals surface area contributed by atoms with Crippen molar-refractivity contribution in [3.63, 3.8) is 0 Å². The topological polar surface area (TPSA) is 59.2 Å². The first kappa shape index (κ1) is 21.4. The number of nitrogens with zero attached hydrogens (tertiary/aromatic N) is 2. The third kappa shape index (κ3) is 5.32. The van der Waals surface area contributed by atoms with Crippen molar-refractivity contribution in [2.24, 2.45) is 5.41 Å². The minimum Gasteiger partial charge on any atom is -0.507 e. The molecule has 0 aliphatic heterocycles. The molecule has 0 radical (unpaired) electrons. The molecule has 0 amide bonds. The Kier molecular flexibility index (Phi) is 6.45. The van der Waals surface area contributed by atoms with Crippen LogP contribution in [0, 0.1) is 5.41 Å². The summed E-state index contributed by atoms with van der Waals surface area (Å²) in [5, 5.41) is 18.8. The van der Waals surface area contributed by atoms with Crippen molar-refractivity contribution in [3.05, 3.63) is 73.2 Å². The lowest BCUT2D eigenvalue weighted by molar-refractivity contribution is 0.283. The van der Waals surface area contributed by atoms with Crippen LogP contribution in [0.5, 0.6) is 5.75 Å². The lowest BCUT2D eigenvalue weighted by atomic mass is 9.72. The lowest BCUT2D eigenvalue weighted by Crippen LogP contribution is -2.24. The highest BCUT2D eigenvalue weighted by atomic mass is 16.4. The second-order valence-corrected chi connectivity index (χ2v) is 8.72. The molecule has 0 aliphatic carbocycles. The normalized spacial score (nSPS) is 13.1. The van der Waals surface area contributed by atoms with Crippen LogP contribution in [0.3, 0.4) is 0 Å². The molecule has 1 aromatic heterocycles. The van der Waals surface area contributed by atoms with Gasteiger partial charge in [0, 0.05) is 5.57 Å². The molecule has 1 heterocycles. The number of phenolic OH excluding ortho intramolecular Hbond substituents is 1. The van der Waals surface area contributed by atoms with Crippen LogP contribution >= 0.6 is 0 Å². The van der Waals surface area contributed by atoms with E-state index in [1.807, 2.05) is 18.2 Å². The smallest absolute Gasteiger partial charge is 0.251 e. The Hall–Kier alpha value is -2.88. The minimum absolute atomic E-state index is 0.0659. The highest BCUT2D eigenvalue weighted by Crippen LogP contribution is 2.39. The maximum atomic E-state index is 10.6. The third-order valence-electron chi connectivity index (χ3n) is 4.36. The zero-order chi connectivity index (χ0) is 20.9. The van der Waals surface area contributed by atoms with Crippen LogP contribution in [0.1, 0.15) is 52.5 Å². The fourth-order valence-electron chi connectivity index (χ4n) is 3.51. The molecular formula is C24H30N2O2. The number of hydrogen-bond donors (Lipinski definition) is 1. The number of aromatic nitrogens is 2. The van der Waals surface area contributed by atoms with Crippen molar-refractivity contribution in [2.75, 3.05) is 0 Å². The summed E-state index contributed by atoms with van der Waals surface area (Å²) in [5.74, 6) is 0.754. The van der Waals surface area contributed by atoms with Crippen LogP contribution in [0.25, 0.3) is 17.0 Å². The van der Waals surface area contributed by atoms with E-state index in [2.05, 4.69) is 58.0 Å². The van der Waals surface area contributed by atoms with Crippen LogP contribution in [0.4, 0.5) is 0 Å². The number of allylic oxidation sites excluding steroid dienone is 6. The second kappa shape index (κ2) is 8.42. The third-order valence-corrected chi connectivity index (χ3v) is 4.36. The van der Waals surface area contributed by atoms with E-state index in [4.69, 9.17) is 4.42 Å². The molecule has 1 N–H and O–H groups in total. The van der Waals surface area contributed by atoms with Gasteiger partial charge in [0.2, 0.25) is 5.89 Å². The average Bonchev–Trinajstić information content (AvgIpc) is 3.06. The summed E-state index contributed by atoms with van der Waals surface area (Å²) in [5.41, 5.74) is 2.43. The highest BCUT2D eigenvalue weighted by molar-refractivity contribution is 5.71. The molecule has 1 aromatic carbocycles. The molecule has 4 nitrogen and oxygen atoms in total. The van der Waals surface area contributed by atoms with Gasteiger partial charge >= 0.3 is 0 Å². The number of phenols is 1. The molecule has 4 heteroatoms. The van der Waals surface area contributed by atoms with Gasteiger partial charge in [-0.2, -0.15) is 0 Å². The van der Waals surface area contributed by atoms with Crippen molar-refractivity contribution >= 4 is 5.57 Å². The fraction of sp³-hybridized carbons (Fsp3) is 0.333. The molecule has 0 aliphatic rings. The number of benzene rings is 1. The van der Waals surface area contributed by atoms with Gasteiger partial charge < -0.3 is 9.52 Å². The fourth-order valence-corrected chi connectivity index (χ4v) is 3.51. The SMILES string of the molecule is C=C/C=C\C(=C/C=C)c1nnc(-c2ccc(C(C)(C)CC(C)(C)C)cc2O)o1. The monoisotopic (exact) mass is 378 g/mol. The molecule has 0 unspecified atom stereocenters. The second-order valence-electron chi connectivity index (χ2n) is 8.72. The van der Waals surface area contributed by atoms with Gasteiger partial charge in [0.05, 0.1) is 5.56 Å². The summed E-state index contributed by atoms with van der Waals surface area (Å²) < 4.78 is 5.78. The quantitative estimate of drug-likeness (QED) is 0.561. The van der Waals surface area contributed by atoms with Crippen molar-refractivity contribution in [3.8, 4) is 17.2 Å². The molecule has 2 rings (SSSR count). The van der Waals surface area contributed by atoms with E-state index in [9.17, 15) is 5.11 Å². The van der Waals surface area contributed by atoms with Crippen LogP contribution in [-0.4, -0.2) is 15.3 Å². The van der Waals surface area contributed by atoms with Gasteiger partial charge in [0.25, 0.3) is 5.89 Å². The molecule has 148 valence electrons. The van der Waals surface area contributed by atoms with Crippen LogP contribution < -0.4 is 0 Å². The zero-order valence-corrected chi connectivity index (χ0v) is 17.5. The van der Waals surface area contributed by atoms with Crippen molar-refractivity contribution in [2.45, 2.75) is 46.5 Å². The van der Waals surface area contributed by atoms with E-state index in [-0.39, 0.29) is 22.5 Å². The maximum absolute atomic E-state index is 10.6. The largest absolute Gasteiger partial charge is 0.507 e. The van der Waals surface area contributed by atoms with E-state index >= 15 is 0 Å². The van der Waals surface area contributed by atoms with Gasteiger partial charge in [-0.1, -0.05) is 78.1 Å². The first-order chi connectivity index (χ1) is 13.1. The Balaban J connectivity index is 2.36. The van der Waals surface area contributed by atoms with Gasteiger partial charge in [-0.3, -0.25) is 0 Å². The van der Waals surface area contributed by atoms with E-state index in [0.29, 0.717) is 11.5 Å². The summed E-state index contributed by atoms with van der Waals surface area (Å²) in [7, 11) is 0. The highest BCUT2D eigenvalue weighted by Gasteiger charge is 2.28. The number of rotatable bonds is 7. The van der Waals surface area contributed by atoms with E-state index in [1.54, 1.807) is 30.4 Å². The molecule has 28 heavy (non-hydrogen) atoms. The molecular weight excluding hydrogens is 348 g/mol. The van der Waals surface area contributed by atoms with Crippen LogP contribution in [-0.2, 0) is 5.41 Å². The minimum atomic E-state index is -0.0659. The summed E-state index contributed by atoms with van der Waals surface area (Å²) in [6, 6.07) is 5.65. The zero-order valence-electron chi connectivity index (χ0n) is 17.5. The molecule has 0 saturated carbocycles.